The van der Waals surface area contributed by atoms with Crippen LogP contribution in [0.15, 0.2) is 30.7 Å². The first-order valence-electron chi connectivity index (χ1n) is 2.98. The zero-order valence-electron chi connectivity index (χ0n) is 5.23. The van der Waals surface area contributed by atoms with Crippen LogP contribution in [0.4, 0.5) is 0 Å². The van der Waals surface area contributed by atoms with E-state index in [1.165, 1.54) is 6.33 Å². The Balaban J connectivity index is 2.74. The van der Waals surface area contributed by atoms with E-state index in [-0.39, 0.29) is 0 Å². The third-order valence-corrected chi connectivity index (χ3v) is 1.34. The summed E-state index contributed by atoms with van der Waals surface area (Å²) in [5, 5.41) is 7.37. The van der Waals surface area contributed by atoms with Crippen LogP contribution in [0.1, 0.15) is 0 Å². The summed E-state index contributed by atoms with van der Waals surface area (Å²) in [7, 11) is 0. The molecule has 10 heavy (non-hydrogen) atoms. The predicted molar refractivity (Wildman–Crippen MR) is 36.4 cm³/mol. The lowest BCUT2D eigenvalue weighted by molar-refractivity contribution is 1.03. The molecule has 0 aromatic heterocycles. The van der Waals surface area contributed by atoms with Gasteiger partial charge in [0.1, 0.15) is 6.33 Å². The summed E-state index contributed by atoms with van der Waals surface area (Å²) in [6.45, 7) is 0. The summed E-state index contributed by atoms with van der Waals surface area (Å²) < 4.78 is 0. The first-order valence-corrected chi connectivity index (χ1v) is 2.98. The van der Waals surface area contributed by atoms with Crippen molar-refractivity contribution in [2.24, 2.45) is 0 Å². The Bertz CT molecular complexity index is 280. The third-order valence-electron chi connectivity index (χ3n) is 1.34. The zero-order chi connectivity index (χ0) is 6.81. The Kier molecular flexibility index (Phi) is 1.07. The monoisotopic (exact) mass is 131 g/mol. The van der Waals surface area contributed by atoms with Gasteiger partial charge in [-0.1, -0.05) is 12.1 Å². The van der Waals surface area contributed by atoms with E-state index in [1.807, 2.05) is 18.2 Å². The second-order valence-electron chi connectivity index (χ2n) is 1.97. The first-order chi connectivity index (χ1) is 4.97. The van der Waals surface area contributed by atoms with Gasteiger partial charge in [0, 0.05) is 5.56 Å². The van der Waals surface area contributed by atoms with Gasteiger partial charge in [-0.3, -0.25) is 0 Å². The van der Waals surface area contributed by atoms with Gasteiger partial charge < -0.3 is 0 Å². The van der Waals surface area contributed by atoms with E-state index in [1.54, 1.807) is 6.20 Å². The number of hydrogen-bond donors (Lipinski definition) is 0. The predicted octanol–water partition coefficient (Wildman–Crippen LogP) is 0.976. The maximum absolute atomic E-state index is 4.03. The van der Waals surface area contributed by atoms with Gasteiger partial charge in [-0.2, -0.15) is 5.10 Å². The standard InChI is InChI=1S/C7H5N3/c1-2-6-4-9-10-5-8-7(6)3-1/h1-5H. The molecule has 2 rings (SSSR count). The van der Waals surface area contributed by atoms with Crippen molar-refractivity contribution in [3.63, 3.8) is 0 Å². The topological polar surface area (TPSA) is 38.7 Å². The van der Waals surface area contributed by atoms with Crippen LogP contribution in [0.3, 0.4) is 0 Å². The van der Waals surface area contributed by atoms with Gasteiger partial charge in [0.05, 0.1) is 11.9 Å². The van der Waals surface area contributed by atoms with Crippen molar-refractivity contribution in [3.8, 4) is 11.3 Å². The van der Waals surface area contributed by atoms with Gasteiger partial charge >= 0.3 is 0 Å². The van der Waals surface area contributed by atoms with Crippen LogP contribution in [0, 0.1) is 0 Å². The summed E-state index contributed by atoms with van der Waals surface area (Å²) in [5.41, 5.74) is 1.96. The number of rotatable bonds is 0. The highest BCUT2D eigenvalue weighted by atomic mass is 15.1. The molecule has 0 bridgehead atoms. The fourth-order valence-electron chi connectivity index (χ4n) is 0.865. The number of hydrogen-bond acceptors (Lipinski definition) is 3. The molecular formula is C7H5N3. The van der Waals surface area contributed by atoms with E-state index in [0.29, 0.717) is 0 Å². The molecule has 3 nitrogen and oxygen atoms in total. The number of fused-ring (bicyclic) bond motifs is 1. The lowest BCUT2D eigenvalue weighted by atomic mass is 10.3. The highest BCUT2D eigenvalue weighted by molar-refractivity contribution is 5.59. The quantitative estimate of drug-likeness (QED) is 0.534. The summed E-state index contributed by atoms with van der Waals surface area (Å²) in [6.07, 6.45) is 3.14. The number of aromatic nitrogens is 3. The van der Waals surface area contributed by atoms with Crippen molar-refractivity contribution in [1.29, 1.82) is 0 Å². The zero-order valence-corrected chi connectivity index (χ0v) is 5.23. The van der Waals surface area contributed by atoms with Crippen LogP contribution in [0.5, 0.6) is 0 Å². The van der Waals surface area contributed by atoms with Crippen molar-refractivity contribution >= 4 is 0 Å². The fraction of sp³-hybridized carbons (Fsp3) is 0. The molecule has 0 atom stereocenters. The SMILES string of the molecule is c1cc2cnncnc-2c1. The molecule has 2 aliphatic rings. The minimum absolute atomic E-state index is 0.935. The maximum Gasteiger partial charge on any atom is 0.138 e. The Morgan fingerprint density at radius 1 is 1.10 bits per heavy atom. The van der Waals surface area contributed by atoms with Crippen LogP contribution < -0.4 is 0 Å². The Labute approximate surface area is 58.1 Å². The van der Waals surface area contributed by atoms with E-state index < -0.39 is 0 Å². The number of nitrogens with zero attached hydrogens (tertiary/aromatic N) is 3. The van der Waals surface area contributed by atoms with E-state index >= 15 is 0 Å². The molecule has 0 saturated carbocycles. The van der Waals surface area contributed by atoms with E-state index in [2.05, 4.69) is 15.2 Å². The van der Waals surface area contributed by atoms with Crippen molar-refractivity contribution in [2.75, 3.05) is 0 Å². The molecule has 0 spiro atoms. The summed E-state index contributed by atoms with van der Waals surface area (Å²) in [6, 6.07) is 5.83. The molecule has 0 aromatic rings. The lowest BCUT2D eigenvalue weighted by Gasteiger charge is -1.82. The van der Waals surface area contributed by atoms with Crippen molar-refractivity contribution in [2.45, 2.75) is 0 Å². The van der Waals surface area contributed by atoms with Crippen LogP contribution in [0.25, 0.3) is 11.3 Å². The van der Waals surface area contributed by atoms with E-state index in [9.17, 15) is 0 Å². The van der Waals surface area contributed by atoms with Crippen LogP contribution in [0.2, 0.25) is 0 Å². The first kappa shape index (κ1) is 5.29. The van der Waals surface area contributed by atoms with Gasteiger partial charge in [0.25, 0.3) is 0 Å². The maximum atomic E-state index is 4.03. The minimum atomic E-state index is 0.935. The smallest absolute Gasteiger partial charge is 0.138 e. The van der Waals surface area contributed by atoms with Crippen molar-refractivity contribution in [3.05, 3.63) is 30.7 Å². The van der Waals surface area contributed by atoms with Gasteiger partial charge in [-0.15, -0.1) is 5.10 Å². The highest BCUT2D eigenvalue weighted by Gasteiger charge is 1.97. The molecule has 0 radical (unpaired) electrons. The van der Waals surface area contributed by atoms with Gasteiger partial charge in [0.15, 0.2) is 0 Å². The summed E-state index contributed by atoms with van der Waals surface area (Å²) in [4.78, 5) is 4.03. The summed E-state index contributed by atoms with van der Waals surface area (Å²) in [5.74, 6) is 0. The molecule has 48 valence electrons. The van der Waals surface area contributed by atoms with Gasteiger partial charge in [-0.25, -0.2) is 4.98 Å². The van der Waals surface area contributed by atoms with E-state index in [4.69, 9.17) is 0 Å². The van der Waals surface area contributed by atoms with Crippen molar-refractivity contribution < 1.29 is 0 Å². The Morgan fingerprint density at radius 2 is 2.10 bits per heavy atom. The molecule has 1 aliphatic carbocycles. The van der Waals surface area contributed by atoms with Crippen LogP contribution >= 0.6 is 0 Å². The fourth-order valence-corrected chi connectivity index (χ4v) is 0.865. The molecule has 0 aromatic carbocycles. The molecule has 1 aliphatic heterocycles. The van der Waals surface area contributed by atoms with Gasteiger partial charge in [0.2, 0.25) is 0 Å². The molecular weight excluding hydrogens is 126 g/mol. The van der Waals surface area contributed by atoms with Crippen LogP contribution in [-0.2, 0) is 0 Å². The lowest BCUT2D eigenvalue weighted by Crippen LogP contribution is -1.68. The minimum Gasteiger partial charge on any atom is -0.234 e. The average Bonchev–Trinajstić information content (AvgIpc) is 2.28. The van der Waals surface area contributed by atoms with Gasteiger partial charge in [-0.05, 0) is 6.07 Å². The largest absolute Gasteiger partial charge is 0.234 e. The Hall–Kier alpha value is -1.51. The second-order valence-corrected chi connectivity index (χ2v) is 1.97. The highest BCUT2D eigenvalue weighted by Crippen LogP contribution is 2.15. The Morgan fingerprint density at radius 3 is 3.10 bits per heavy atom. The third kappa shape index (κ3) is 0.719. The van der Waals surface area contributed by atoms with E-state index in [0.717, 1.165) is 11.3 Å². The average molecular weight is 131 g/mol. The molecule has 0 unspecified atom stereocenters. The molecule has 1 heterocycles. The molecule has 0 fully saturated rings. The molecule has 0 N–H and O–H groups in total. The normalized spacial score (nSPS) is 10.0. The summed E-state index contributed by atoms with van der Waals surface area (Å²) >= 11 is 0. The molecule has 3 heteroatoms. The molecule has 0 amide bonds. The van der Waals surface area contributed by atoms with Crippen LogP contribution in [-0.4, -0.2) is 15.2 Å². The second kappa shape index (κ2) is 2.02. The van der Waals surface area contributed by atoms with Crippen molar-refractivity contribution in [1.82, 2.24) is 15.2 Å². The molecule has 0 saturated heterocycles.